The van der Waals surface area contributed by atoms with E-state index in [1.807, 2.05) is 0 Å². The Balaban J connectivity index is 0.000000131. The van der Waals surface area contributed by atoms with Crippen molar-refractivity contribution in [2.45, 2.75) is 192 Å². The van der Waals surface area contributed by atoms with E-state index in [-0.39, 0.29) is 130 Å². The predicted octanol–water partition coefficient (Wildman–Crippen LogP) is 17.3. The number of aromatic nitrogens is 20. The Bertz CT molecular complexity index is 6860. The summed E-state index contributed by atoms with van der Waals surface area (Å²) in [6, 6.07) is 24.7. The van der Waals surface area contributed by atoms with E-state index in [4.69, 9.17) is 65.4 Å². The van der Waals surface area contributed by atoms with Gasteiger partial charge in [0.25, 0.3) is 0 Å². The maximum absolute atomic E-state index is 13.9. The number of Topliss-reactive ketones (excluding diaryl/α,β-unsaturated/α-hetero) is 4. The van der Waals surface area contributed by atoms with Crippen LogP contribution < -0.4 is 0 Å². The van der Waals surface area contributed by atoms with Crippen LogP contribution in [0.15, 0.2) is 128 Å². The van der Waals surface area contributed by atoms with Crippen molar-refractivity contribution in [2.75, 3.05) is 0 Å². The Hall–Kier alpha value is -14.0. The number of nitriles is 2. The van der Waals surface area contributed by atoms with Crippen molar-refractivity contribution < 1.29 is 83.6 Å². The van der Waals surface area contributed by atoms with E-state index in [0.29, 0.717) is 129 Å². The molecular weight excluding hydrogens is 1950 g/mol. The molecule has 12 aromatic rings. The molecule has 143 heavy (non-hydrogen) atoms. The van der Waals surface area contributed by atoms with Gasteiger partial charge in [0.05, 0.1) is 113 Å². The summed E-state index contributed by atoms with van der Waals surface area (Å²) >= 11 is 24.3. The van der Waals surface area contributed by atoms with Crippen LogP contribution in [0.25, 0.3) is 45.6 Å². The minimum absolute atomic E-state index is 0.00252. The van der Waals surface area contributed by atoms with Crippen LogP contribution in [0.4, 0.5) is 26.3 Å². The molecule has 12 fully saturated rings. The van der Waals surface area contributed by atoms with Crippen molar-refractivity contribution >= 4 is 93.4 Å². The number of hydrogen-bond donors (Lipinski definition) is 0. The zero-order valence-electron chi connectivity index (χ0n) is 78.2. The molecule has 24 rings (SSSR count). The molecule has 0 saturated heterocycles. The molecule has 12 aliphatic carbocycles. The molecule has 12 aliphatic rings. The molecule has 0 spiro atoms. The minimum atomic E-state index is -2.33. The first-order valence-corrected chi connectivity index (χ1v) is 47.1. The number of rotatable bonds is 33. The van der Waals surface area contributed by atoms with Crippen molar-refractivity contribution in [2.24, 2.45) is 66.1 Å². The first-order valence-electron chi connectivity index (χ1n) is 45.6. The number of alkyl halides is 3. The number of pyridine rings is 8. The highest BCUT2D eigenvalue weighted by Gasteiger charge is 2.73. The largest absolute Gasteiger partial charge is 0.457 e. The highest BCUT2D eigenvalue weighted by molar-refractivity contribution is 6.31. The molecule has 34 nitrogen and oxygen atoms in total. The third kappa shape index (κ3) is 20.9. The molecule has 0 radical (unpaired) electrons. The number of carbonyl (C=O) groups is 8. The number of nitrogens with zero attached hydrogens (tertiary/aromatic N) is 22. The molecule has 0 aromatic carbocycles. The Kier molecular flexibility index (Phi) is 27.7. The number of aryl methyl sites for hydroxylation is 4. The van der Waals surface area contributed by atoms with Crippen LogP contribution >= 0.6 is 46.4 Å². The van der Waals surface area contributed by atoms with Crippen molar-refractivity contribution in [3.05, 3.63) is 235 Å². The van der Waals surface area contributed by atoms with Crippen LogP contribution in [0.2, 0.25) is 15.5 Å². The lowest BCUT2D eigenvalue weighted by atomic mass is 9.34. The molecule has 0 amide bonds. The lowest BCUT2D eigenvalue weighted by Gasteiger charge is -2.70. The van der Waals surface area contributed by atoms with Crippen LogP contribution in [0.1, 0.15) is 241 Å². The molecule has 0 aliphatic heterocycles. The van der Waals surface area contributed by atoms with Gasteiger partial charge in [-0.05, 0) is 205 Å². The second kappa shape index (κ2) is 39.4. The number of carbonyl (C=O) groups excluding carboxylic acids is 8. The highest BCUT2D eigenvalue weighted by atomic mass is 35.5. The first kappa shape index (κ1) is 101. The van der Waals surface area contributed by atoms with Crippen molar-refractivity contribution in [3.8, 4) is 57.7 Å². The summed E-state index contributed by atoms with van der Waals surface area (Å²) in [7, 11) is 6.57. The van der Waals surface area contributed by atoms with E-state index in [9.17, 15) is 75.2 Å². The quantitative estimate of drug-likeness (QED) is 0.00920. The van der Waals surface area contributed by atoms with Crippen LogP contribution in [0, 0.1) is 84.0 Å². The van der Waals surface area contributed by atoms with E-state index in [0.717, 1.165) is 82.4 Å². The Labute approximate surface area is 832 Å². The normalized spacial score (nSPS) is 22.9. The summed E-state index contributed by atoms with van der Waals surface area (Å²) < 4.78 is 108. The molecule has 0 N–H and O–H groups in total. The van der Waals surface area contributed by atoms with Crippen molar-refractivity contribution in [3.63, 3.8) is 0 Å². The molecule has 4 atom stereocenters. The van der Waals surface area contributed by atoms with E-state index < -0.39 is 83.5 Å². The number of halogens is 10. The van der Waals surface area contributed by atoms with Gasteiger partial charge in [-0.15, -0.1) is 32.0 Å². The van der Waals surface area contributed by atoms with Crippen LogP contribution in [0.3, 0.4) is 0 Å². The highest BCUT2D eigenvalue weighted by Crippen LogP contribution is 2.78. The van der Waals surface area contributed by atoms with E-state index in [1.54, 1.807) is 110 Å². The topological polar surface area (TPSA) is 447 Å². The fourth-order valence-electron chi connectivity index (χ4n) is 21.5. The number of ether oxygens (including phenoxy) is 4. The van der Waals surface area contributed by atoms with Crippen LogP contribution in [-0.4, -0.2) is 158 Å². The molecule has 8 bridgehead atoms. The maximum Gasteiger partial charge on any atom is 0.312 e. The zero-order valence-corrected chi connectivity index (χ0v) is 81.2. The second-order valence-electron chi connectivity index (χ2n) is 39.1. The van der Waals surface area contributed by atoms with Crippen LogP contribution in [0.5, 0.6) is 0 Å². The number of esters is 4. The summed E-state index contributed by atoms with van der Waals surface area (Å²) in [6.45, 7) is 6.29. The van der Waals surface area contributed by atoms with Gasteiger partial charge in [0.15, 0.2) is 23.1 Å². The summed E-state index contributed by atoms with van der Waals surface area (Å²) in [5.74, 6) is -4.89. The average molecular weight is 2040 g/mol. The minimum Gasteiger partial charge on any atom is -0.457 e. The van der Waals surface area contributed by atoms with Crippen molar-refractivity contribution in [1.29, 1.82) is 10.5 Å². The standard InChI is InChI=1S/C25H23ClF3N5O3.2C25H22ClFN6O3.C24H23ClFN5O3/c1-13(16-5-15(27)9-31-22(16)26)37-20(36)6-18-21(32-33-34(18)2)17-4-3-14(8-30-17)19(35)7-24-10-25(11-24,12-24)23(28)29;2*1-14(17-5-16(27)9-30-23(17)26)36-21(35)6-19-22(31-32-33(19)2)18-4-3-15(8-29-18)20(34)7-24-10-25(11-24,12-24)13-28;1-14(16-4-3-7-27-22(16)26)34-20(33)8-18-21(29-30-31(18)2)17-6-5-15(10-28-17)19(32)9-23-11-24(25,12-23)13-23/h3-5,8-9,13,23H,6-7,10-12H2,1-2H3;2*3-5,8-9,14H,6-7,10-12H2,1-2H3;3-7,10,14H,8-9,11-13H2,1-2H3/t13-,24?,25?;2*14-,24?,25?;14-,23?,24?/m1111/s1. The Morgan fingerprint density at radius 2 is 0.643 bits per heavy atom. The van der Waals surface area contributed by atoms with Gasteiger partial charge in [-0.25, -0.2) is 41.9 Å². The lowest BCUT2D eigenvalue weighted by molar-refractivity contribution is -0.264. The monoisotopic (exact) mass is 2030 g/mol. The van der Waals surface area contributed by atoms with Gasteiger partial charge in [-0.2, -0.15) is 14.9 Å². The Morgan fingerprint density at radius 3 is 0.888 bits per heavy atom. The van der Waals surface area contributed by atoms with E-state index in [1.165, 1.54) is 67.9 Å². The molecule has 44 heteroatoms. The third-order valence-corrected chi connectivity index (χ3v) is 29.6. The van der Waals surface area contributed by atoms with Gasteiger partial charge >= 0.3 is 23.9 Å². The molecule has 0 unspecified atom stereocenters. The zero-order chi connectivity index (χ0) is 102. The summed E-state index contributed by atoms with van der Waals surface area (Å²) in [4.78, 5) is 134. The van der Waals surface area contributed by atoms with Gasteiger partial charge in [-0.1, -0.05) is 55.7 Å². The van der Waals surface area contributed by atoms with Gasteiger partial charge in [0.1, 0.15) is 80.1 Å². The van der Waals surface area contributed by atoms with E-state index in [2.05, 4.69) is 93.3 Å². The maximum atomic E-state index is 13.9. The van der Waals surface area contributed by atoms with E-state index >= 15 is 0 Å². The number of hydrogen-bond acceptors (Lipinski definition) is 30. The van der Waals surface area contributed by atoms with Gasteiger partial charge < -0.3 is 18.9 Å². The van der Waals surface area contributed by atoms with Gasteiger partial charge in [0, 0.05) is 140 Å². The summed E-state index contributed by atoms with van der Waals surface area (Å²) in [5.41, 5.74) is 6.58. The van der Waals surface area contributed by atoms with Crippen molar-refractivity contribution in [1.82, 2.24) is 99.8 Å². The van der Waals surface area contributed by atoms with Crippen LogP contribution in [-0.2, 0) is 92.0 Å². The van der Waals surface area contributed by atoms with Gasteiger partial charge in [0.2, 0.25) is 12.4 Å². The summed E-state index contributed by atoms with van der Waals surface area (Å²) in [5, 5.41) is 50.9. The lowest BCUT2D eigenvalue weighted by Crippen LogP contribution is -2.65. The molecule has 12 aromatic heterocycles. The SMILES string of the molecule is C[C@@H](OC(=O)Cc1c(-c2ccc(C(=O)CC34CC(C#N)(C3)C4)cn2)nnn1C)c1cc(F)cnc1Cl.C[C@@H](OC(=O)Cc1c(-c2ccc(C(=O)CC34CC(C#N)(C3)C4)cn2)nnn1C)c1cc(F)cnc1Cl.C[C@@H](OC(=O)Cc1c(-c2ccc(C(=O)CC34CC(C(F)F)(C3)C4)cn2)nnn1C)c1cc(F)cnc1Cl.C[C@@H](OC(=O)Cc1c(-c2ccc(C(=O)CC34CC(Cl)(C3)C4)cn2)nnn1C)c1cccnc1F. The number of ketones is 4. The smallest absolute Gasteiger partial charge is 0.312 e. The Morgan fingerprint density at radius 1 is 0.378 bits per heavy atom. The predicted molar refractivity (Wildman–Crippen MR) is 496 cm³/mol. The third-order valence-electron chi connectivity index (χ3n) is 28.2. The van der Waals surface area contributed by atoms with Gasteiger partial charge in [-0.3, -0.25) is 77.0 Å². The molecular formula is C99H90Cl4F6N22O12. The molecule has 12 heterocycles. The fraction of sp³-hybridized carbons (Fsp3) is 0.414. The molecule has 738 valence electrons. The fourth-order valence-corrected chi connectivity index (χ4v) is 23.1. The summed E-state index contributed by atoms with van der Waals surface area (Å²) in [6.07, 6.45) is 14.2. The average Bonchev–Trinajstić information content (AvgIpc) is 1.61. The first-order chi connectivity index (χ1) is 67.9. The second-order valence-corrected chi connectivity index (χ2v) is 41.0. The molecule has 12 saturated carbocycles.